The second-order valence-corrected chi connectivity index (χ2v) is 5.67. The number of rotatable bonds is 4. The molecule has 23 heavy (non-hydrogen) atoms. The number of aromatic nitrogens is 1. The monoisotopic (exact) mass is 307 g/mol. The number of amides is 1. The number of hydrogen-bond acceptors (Lipinski definition) is 3. The number of carbonyl (C=O) groups is 1. The normalized spacial score (nSPS) is 10.9. The van der Waals surface area contributed by atoms with Gasteiger partial charge in [0, 0.05) is 11.4 Å². The molecule has 1 aromatic carbocycles. The second kappa shape index (κ2) is 6.01. The molecular weight excluding hydrogens is 290 g/mol. The lowest BCUT2D eigenvalue weighted by atomic mass is 10.1. The Labute approximate surface area is 134 Å². The summed E-state index contributed by atoms with van der Waals surface area (Å²) in [6.45, 7) is 4.33. The van der Waals surface area contributed by atoms with Crippen molar-refractivity contribution in [1.29, 1.82) is 5.26 Å². The van der Waals surface area contributed by atoms with Gasteiger partial charge in [-0.1, -0.05) is 12.1 Å². The molecule has 0 spiro atoms. The van der Waals surface area contributed by atoms with Crippen LogP contribution >= 0.6 is 0 Å². The minimum absolute atomic E-state index is 0.0226. The maximum absolute atomic E-state index is 12.9. The van der Waals surface area contributed by atoms with E-state index >= 15 is 0 Å². The Morgan fingerprint density at radius 2 is 2.17 bits per heavy atom. The van der Waals surface area contributed by atoms with E-state index in [1.54, 1.807) is 29.4 Å². The number of H-pyrrole nitrogens is 1. The van der Waals surface area contributed by atoms with Gasteiger partial charge in [-0.05, 0) is 38.1 Å². The van der Waals surface area contributed by atoms with E-state index in [9.17, 15) is 10.1 Å². The van der Waals surface area contributed by atoms with Crippen LogP contribution in [0.4, 0.5) is 0 Å². The van der Waals surface area contributed by atoms with Crippen molar-refractivity contribution in [3.8, 4) is 6.07 Å². The van der Waals surface area contributed by atoms with Crippen molar-refractivity contribution in [3.05, 3.63) is 59.7 Å². The highest BCUT2D eigenvalue weighted by Gasteiger charge is 2.22. The minimum atomic E-state index is -0.114. The molecule has 2 heterocycles. The molecule has 3 aromatic rings. The van der Waals surface area contributed by atoms with Crippen LogP contribution in [-0.2, 0) is 6.54 Å². The summed E-state index contributed by atoms with van der Waals surface area (Å²) in [4.78, 5) is 17.7. The molecule has 0 aliphatic rings. The molecular formula is C18H17N3O2. The van der Waals surface area contributed by atoms with Gasteiger partial charge in [0.25, 0.3) is 5.91 Å². The number of hydrogen-bond donors (Lipinski definition) is 1. The van der Waals surface area contributed by atoms with Crippen LogP contribution in [0, 0.1) is 11.3 Å². The number of carbonyl (C=O) groups excluding carboxylic acids is 1. The van der Waals surface area contributed by atoms with Crippen molar-refractivity contribution in [2.24, 2.45) is 0 Å². The summed E-state index contributed by atoms with van der Waals surface area (Å²) >= 11 is 0. The van der Waals surface area contributed by atoms with E-state index in [1.807, 2.05) is 32.0 Å². The summed E-state index contributed by atoms with van der Waals surface area (Å²) in [6.07, 6.45) is 1.60. The van der Waals surface area contributed by atoms with E-state index in [-0.39, 0.29) is 11.9 Å². The molecule has 0 saturated carbocycles. The second-order valence-electron chi connectivity index (χ2n) is 5.67. The van der Waals surface area contributed by atoms with Crippen LogP contribution in [0.1, 0.15) is 35.7 Å². The Bertz CT molecular complexity index is 869. The number of benzene rings is 1. The first-order valence-electron chi connectivity index (χ1n) is 7.45. The highest BCUT2D eigenvalue weighted by atomic mass is 16.3. The average Bonchev–Trinajstić information content (AvgIpc) is 3.20. The predicted octanol–water partition coefficient (Wildman–Crippen LogP) is 3.68. The number of furan rings is 1. The summed E-state index contributed by atoms with van der Waals surface area (Å²) < 4.78 is 5.35. The topological polar surface area (TPSA) is 73.0 Å². The molecule has 1 N–H and O–H groups in total. The Hall–Kier alpha value is -3.00. The fraction of sp³-hybridized carbons (Fsp3) is 0.222. The van der Waals surface area contributed by atoms with E-state index < -0.39 is 0 Å². The zero-order valence-corrected chi connectivity index (χ0v) is 13.0. The largest absolute Gasteiger partial charge is 0.467 e. The first-order valence-corrected chi connectivity index (χ1v) is 7.45. The molecule has 116 valence electrons. The van der Waals surface area contributed by atoms with Crippen molar-refractivity contribution in [3.63, 3.8) is 0 Å². The molecule has 0 aliphatic carbocycles. The molecule has 3 rings (SSSR count). The molecule has 0 unspecified atom stereocenters. The van der Waals surface area contributed by atoms with Crippen molar-refractivity contribution < 1.29 is 9.21 Å². The van der Waals surface area contributed by atoms with Gasteiger partial charge in [-0.15, -0.1) is 0 Å². The highest BCUT2D eigenvalue weighted by molar-refractivity contribution is 5.99. The number of nitriles is 1. The summed E-state index contributed by atoms with van der Waals surface area (Å²) in [5.41, 5.74) is 1.70. The van der Waals surface area contributed by atoms with Crippen LogP contribution in [0.2, 0.25) is 0 Å². The lowest BCUT2D eigenvalue weighted by Crippen LogP contribution is -2.36. The smallest absolute Gasteiger partial charge is 0.270 e. The van der Waals surface area contributed by atoms with E-state index in [0.29, 0.717) is 23.3 Å². The lowest BCUT2D eigenvalue weighted by Gasteiger charge is -2.25. The van der Waals surface area contributed by atoms with E-state index in [2.05, 4.69) is 11.1 Å². The van der Waals surface area contributed by atoms with Crippen LogP contribution in [0.25, 0.3) is 10.9 Å². The standard InChI is InChI=1S/C18H17N3O2/c1-12(2)21(11-15-7-4-8-23-15)18(22)16-9-13-5-3-6-14(10-19)17(13)20-16/h3-9,12,20H,11H2,1-2H3. The van der Waals surface area contributed by atoms with Crippen molar-refractivity contribution in [2.45, 2.75) is 26.4 Å². The van der Waals surface area contributed by atoms with Gasteiger partial charge >= 0.3 is 0 Å². The maximum atomic E-state index is 12.9. The third-order valence-electron chi connectivity index (χ3n) is 3.80. The Balaban J connectivity index is 1.95. The van der Waals surface area contributed by atoms with E-state index in [1.165, 1.54) is 0 Å². The lowest BCUT2D eigenvalue weighted by molar-refractivity contribution is 0.0671. The van der Waals surface area contributed by atoms with Gasteiger partial charge in [-0.25, -0.2) is 0 Å². The maximum Gasteiger partial charge on any atom is 0.270 e. The van der Waals surface area contributed by atoms with Crippen LogP contribution in [-0.4, -0.2) is 21.8 Å². The van der Waals surface area contributed by atoms with Gasteiger partial charge in [0.2, 0.25) is 0 Å². The van der Waals surface area contributed by atoms with E-state index in [4.69, 9.17) is 4.42 Å². The number of aromatic amines is 1. The molecule has 2 aromatic heterocycles. The summed E-state index contributed by atoms with van der Waals surface area (Å²) in [5.74, 6) is 0.623. The summed E-state index contributed by atoms with van der Waals surface area (Å²) in [7, 11) is 0. The quantitative estimate of drug-likeness (QED) is 0.799. The Morgan fingerprint density at radius 3 is 2.83 bits per heavy atom. The number of nitrogens with zero attached hydrogens (tertiary/aromatic N) is 2. The van der Waals surface area contributed by atoms with Gasteiger partial charge < -0.3 is 14.3 Å². The van der Waals surface area contributed by atoms with Crippen LogP contribution in [0.15, 0.2) is 47.1 Å². The van der Waals surface area contributed by atoms with Crippen LogP contribution < -0.4 is 0 Å². The Kier molecular flexibility index (Phi) is 3.90. The molecule has 0 fully saturated rings. The van der Waals surface area contributed by atoms with Crippen LogP contribution in [0.3, 0.4) is 0 Å². The third kappa shape index (κ3) is 2.84. The van der Waals surface area contributed by atoms with Gasteiger partial charge in [-0.2, -0.15) is 5.26 Å². The van der Waals surface area contributed by atoms with Gasteiger partial charge in [0.05, 0.1) is 23.9 Å². The molecule has 0 atom stereocenters. The molecule has 1 amide bonds. The first kappa shape index (κ1) is 14.9. The minimum Gasteiger partial charge on any atom is -0.467 e. The SMILES string of the molecule is CC(C)N(Cc1ccco1)C(=O)c1cc2cccc(C#N)c2[nH]1. The average molecular weight is 307 g/mol. The highest BCUT2D eigenvalue weighted by Crippen LogP contribution is 2.21. The fourth-order valence-corrected chi connectivity index (χ4v) is 2.58. The zero-order valence-electron chi connectivity index (χ0n) is 13.0. The van der Waals surface area contributed by atoms with Gasteiger partial charge in [0.1, 0.15) is 17.5 Å². The number of para-hydroxylation sites is 1. The molecule has 0 radical (unpaired) electrons. The summed E-state index contributed by atoms with van der Waals surface area (Å²) in [5, 5.41) is 10.0. The summed E-state index contributed by atoms with van der Waals surface area (Å²) in [6, 6.07) is 13.0. The van der Waals surface area contributed by atoms with Crippen molar-refractivity contribution in [1.82, 2.24) is 9.88 Å². The van der Waals surface area contributed by atoms with Crippen molar-refractivity contribution >= 4 is 16.8 Å². The van der Waals surface area contributed by atoms with Crippen molar-refractivity contribution in [2.75, 3.05) is 0 Å². The number of fused-ring (bicyclic) bond motifs is 1. The molecule has 5 heteroatoms. The fourth-order valence-electron chi connectivity index (χ4n) is 2.58. The van der Waals surface area contributed by atoms with E-state index in [0.717, 1.165) is 11.1 Å². The number of nitrogens with one attached hydrogen (secondary N) is 1. The first-order chi connectivity index (χ1) is 11.1. The molecule has 0 aliphatic heterocycles. The molecule has 5 nitrogen and oxygen atoms in total. The predicted molar refractivity (Wildman–Crippen MR) is 86.7 cm³/mol. The molecule has 0 saturated heterocycles. The van der Waals surface area contributed by atoms with Gasteiger partial charge in [0.15, 0.2) is 0 Å². The van der Waals surface area contributed by atoms with Crippen LogP contribution in [0.5, 0.6) is 0 Å². The molecule has 0 bridgehead atoms. The Morgan fingerprint density at radius 1 is 1.35 bits per heavy atom. The third-order valence-corrected chi connectivity index (χ3v) is 3.80. The zero-order chi connectivity index (χ0) is 16.4. The van der Waals surface area contributed by atoms with Gasteiger partial charge in [-0.3, -0.25) is 4.79 Å².